The summed E-state index contributed by atoms with van der Waals surface area (Å²) in [6.45, 7) is 1.89. The Morgan fingerprint density at radius 3 is 2.83 bits per heavy atom. The molecule has 0 radical (unpaired) electrons. The molecule has 92 valence electrons. The number of pyridine rings is 1. The average molecular weight is 265 g/mol. The van der Waals surface area contributed by atoms with E-state index in [-0.39, 0.29) is 11.6 Å². The van der Waals surface area contributed by atoms with Crippen LogP contribution in [-0.2, 0) is 0 Å². The van der Waals surface area contributed by atoms with Crippen molar-refractivity contribution in [2.24, 2.45) is 0 Å². The molecule has 0 fully saturated rings. The molecule has 0 saturated heterocycles. The number of nitrogens with zero attached hydrogens (tertiary/aromatic N) is 2. The van der Waals surface area contributed by atoms with Gasteiger partial charge in [0.2, 0.25) is 0 Å². The molecule has 6 heteroatoms. The quantitative estimate of drug-likeness (QED) is 0.626. The predicted octanol–water partition coefficient (Wildman–Crippen LogP) is 3.74. The van der Waals surface area contributed by atoms with Gasteiger partial charge in [0, 0.05) is 12.3 Å². The van der Waals surface area contributed by atoms with Gasteiger partial charge < -0.3 is 4.74 Å². The number of hydrogen-bond donors (Lipinski definition) is 0. The molecule has 2 aromatic rings. The topological polar surface area (TPSA) is 65.3 Å². The summed E-state index contributed by atoms with van der Waals surface area (Å²) in [4.78, 5) is 14.1. The summed E-state index contributed by atoms with van der Waals surface area (Å²) in [5, 5.41) is 11.2. The largest absolute Gasteiger partial charge is 0.432 e. The lowest BCUT2D eigenvalue weighted by atomic mass is 10.2. The number of hydrogen-bond acceptors (Lipinski definition) is 4. The number of ether oxygens (including phenoxy) is 1. The first-order valence-electron chi connectivity index (χ1n) is 5.11. The molecule has 0 aliphatic heterocycles. The van der Waals surface area contributed by atoms with Gasteiger partial charge in [-0.25, -0.2) is 4.98 Å². The number of aromatic nitrogens is 1. The second-order valence-electron chi connectivity index (χ2n) is 3.62. The molecule has 0 spiro atoms. The Balaban J connectivity index is 2.37. The molecule has 18 heavy (non-hydrogen) atoms. The summed E-state index contributed by atoms with van der Waals surface area (Å²) in [7, 11) is 0. The molecule has 5 nitrogen and oxygen atoms in total. The monoisotopic (exact) mass is 264 g/mol. The van der Waals surface area contributed by atoms with E-state index >= 15 is 0 Å². The molecular weight excluding hydrogens is 256 g/mol. The van der Waals surface area contributed by atoms with Crippen molar-refractivity contribution in [1.82, 2.24) is 4.98 Å². The van der Waals surface area contributed by atoms with Crippen LogP contribution < -0.4 is 4.74 Å². The van der Waals surface area contributed by atoms with E-state index in [9.17, 15) is 10.1 Å². The number of rotatable bonds is 3. The highest BCUT2D eigenvalue weighted by atomic mass is 35.5. The Hall–Kier alpha value is -2.14. The standard InChI is InChI=1S/C12H9ClN2O3/c1-8-4-5-11(9(13)7-8)18-12-10(15(16)17)3-2-6-14-12/h2-7H,1H3. The lowest BCUT2D eigenvalue weighted by molar-refractivity contribution is -0.386. The fourth-order valence-corrected chi connectivity index (χ4v) is 1.67. The fourth-order valence-electron chi connectivity index (χ4n) is 1.39. The van der Waals surface area contributed by atoms with Crippen LogP contribution in [0.15, 0.2) is 36.5 Å². The van der Waals surface area contributed by atoms with Crippen LogP contribution in [0.4, 0.5) is 5.69 Å². The molecule has 0 atom stereocenters. The van der Waals surface area contributed by atoms with Crippen molar-refractivity contribution >= 4 is 17.3 Å². The number of nitro groups is 1. The van der Waals surface area contributed by atoms with Crippen molar-refractivity contribution in [2.75, 3.05) is 0 Å². The van der Waals surface area contributed by atoms with E-state index in [1.54, 1.807) is 18.2 Å². The van der Waals surface area contributed by atoms with Crippen LogP contribution >= 0.6 is 11.6 Å². The number of aryl methyl sites for hydroxylation is 1. The van der Waals surface area contributed by atoms with Gasteiger partial charge in [0.25, 0.3) is 5.88 Å². The summed E-state index contributed by atoms with van der Waals surface area (Å²) in [5.74, 6) is 0.261. The normalized spacial score (nSPS) is 10.1. The van der Waals surface area contributed by atoms with Crippen molar-refractivity contribution in [3.8, 4) is 11.6 Å². The number of halogens is 1. The molecule has 0 bridgehead atoms. The van der Waals surface area contributed by atoms with E-state index < -0.39 is 4.92 Å². The third kappa shape index (κ3) is 2.57. The zero-order valence-corrected chi connectivity index (χ0v) is 10.2. The van der Waals surface area contributed by atoms with Crippen molar-refractivity contribution in [1.29, 1.82) is 0 Å². The van der Waals surface area contributed by atoms with Gasteiger partial charge in [0.1, 0.15) is 5.75 Å². The fraction of sp³-hybridized carbons (Fsp3) is 0.0833. The first-order chi connectivity index (χ1) is 8.58. The third-order valence-electron chi connectivity index (χ3n) is 2.24. The van der Waals surface area contributed by atoms with Crippen molar-refractivity contribution in [3.63, 3.8) is 0 Å². The van der Waals surface area contributed by atoms with E-state index in [2.05, 4.69) is 4.98 Å². The summed E-state index contributed by atoms with van der Waals surface area (Å²) < 4.78 is 5.37. The highest BCUT2D eigenvalue weighted by Gasteiger charge is 2.17. The Labute approximate surface area is 108 Å². The maximum atomic E-state index is 10.8. The van der Waals surface area contributed by atoms with Gasteiger partial charge in [-0.15, -0.1) is 0 Å². The van der Waals surface area contributed by atoms with Crippen molar-refractivity contribution in [3.05, 3.63) is 57.2 Å². The summed E-state index contributed by atoms with van der Waals surface area (Å²) in [5.41, 5.74) is 0.775. The molecule has 0 unspecified atom stereocenters. The molecule has 1 heterocycles. The van der Waals surface area contributed by atoms with Crippen LogP contribution in [0.2, 0.25) is 5.02 Å². The van der Waals surface area contributed by atoms with Gasteiger partial charge in [-0.3, -0.25) is 10.1 Å². The second-order valence-corrected chi connectivity index (χ2v) is 4.03. The number of benzene rings is 1. The predicted molar refractivity (Wildman–Crippen MR) is 67.2 cm³/mol. The van der Waals surface area contributed by atoms with Crippen LogP contribution in [0.1, 0.15) is 5.56 Å². The van der Waals surface area contributed by atoms with E-state index in [1.807, 2.05) is 6.92 Å². The highest BCUT2D eigenvalue weighted by molar-refractivity contribution is 6.32. The molecular formula is C12H9ClN2O3. The first kappa shape index (κ1) is 12.3. The molecule has 0 amide bonds. The molecule has 1 aromatic heterocycles. The van der Waals surface area contributed by atoms with Crippen molar-refractivity contribution in [2.45, 2.75) is 6.92 Å². The minimum atomic E-state index is -0.551. The van der Waals surface area contributed by atoms with Gasteiger partial charge in [-0.1, -0.05) is 17.7 Å². The van der Waals surface area contributed by atoms with E-state index in [0.717, 1.165) is 5.56 Å². The van der Waals surface area contributed by atoms with Crippen LogP contribution in [0.25, 0.3) is 0 Å². The zero-order valence-electron chi connectivity index (χ0n) is 9.46. The zero-order chi connectivity index (χ0) is 13.1. The summed E-state index contributed by atoms with van der Waals surface area (Å²) in [6.07, 6.45) is 1.42. The maximum Gasteiger partial charge on any atom is 0.331 e. The Morgan fingerprint density at radius 1 is 1.39 bits per heavy atom. The highest BCUT2D eigenvalue weighted by Crippen LogP contribution is 2.33. The van der Waals surface area contributed by atoms with Gasteiger partial charge in [-0.2, -0.15) is 0 Å². The van der Waals surface area contributed by atoms with Crippen LogP contribution in [0.3, 0.4) is 0 Å². The summed E-state index contributed by atoms with van der Waals surface area (Å²) >= 11 is 5.99. The van der Waals surface area contributed by atoms with E-state index in [1.165, 1.54) is 18.3 Å². The molecule has 0 N–H and O–H groups in total. The Kier molecular flexibility index (Phi) is 3.43. The average Bonchev–Trinajstić information content (AvgIpc) is 2.33. The lowest BCUT2D eigenvalue weighted by Gasteiger charge is -2.07. The molecule has 0 aliphatic rings. The lowest BCUT2D eigenvalue weighted by Crippen LogP contribution is -1.95. The van der Waals surface area contributed by atoms with E-state index in [4.69, 9.17) is 16.3 Å². The second kappa shape index (κ2) is 5.01. The molecule has 0 aliphatic carbocycles. The van der Waals surface area contributed by atoms with Crippen LogP contribution in [0.5, 0.6) is 11.6 Å². The molecule has 0 saturated carbocycles. The molecule has 2 rings (SSSR count). The van der Waals surface area contributed by atoms with Crippen LogP contribution in [0, 0.1) is 17.0 Å². The Morgan fingerprint density at radius 2 is 2.17 bits per heavy atom. The minimum absolute atomic E-state index is 0.0757. The minimum Gasteiger partial charge on any atom is -0.432 e. The third-order valence-corrected chi connectivity index (χ3v) is 2.54. The molecule has 1 aromatic carbocycles. The van der Waals surface area contributed by atoms with E-state index in [0.29, 0.717) is 10.8 Å². The van der Waals surface area contributed by atoms with Gasteiger partial charge in [-0.05, 0) is 30.7 Å². The van der Waals surface area contributed by atoms with Gasteiger partial charge >= 0.3 is 5.69 Å². The van der Waals surface area contributed by atoms with Gasteiger partial charge in [0.15, 0.2) is 0 Å². The van der Waals surface area contributed by atoms with Gasteiger partial charge in [0.05, 0.1) is 9.95 Å². The van der Waals surface area contributed by atoms with Crippen LogP contribution in [-0.4, -0.2) is 9.91 Å². The smallest absolute Gasteiger partial charge is 0.331 e. The SMILES string of the molecule is Cc1ccc(Oc2ncccc2[N+](=O)[O-])c(Cl)c1. The maximum absolute atomic E-state index is 10.8. The van der Waals surface area contributed by atoms with Crippen molar-refractivity contribution < 1.29 is 9.66 Å². The summed E-state index contributed by atoms with van der Waals surface area (Å²) in [6, 6.07) is 7.96. The Bertz CT molecular complexity index is 602. The first-order valence-corrected chi connectivity index (χ1v) is 5.49.